The molecular weight excluding hydrogens is 516 g/mol. The Bertz CT molecular complexity index is 2450. The van der Waals surface area contributed by atoms with Crippen LogP contribution in [-0.2, 0) is 0 Å². The van der Waals surface area contributed by atoms with E-state index in [-0.39, 0.29) is 0 Å². The van der Waals surface area contributed by atoms with Gasteiger partial charge in [0.05, 0.1) is 22.4 Å². The molecule has 0 aliphatic heterocycles. The van der Waals surface area contributed by atoms with Gasteiger partial charge in [-0.05, 0) is 51.2 Å². The zero-order valence-electron chi connectivity index (χ0n) is 22.0. The molecule has 0 aliphatic rings. The SMILES string of the molecule is c1ccc(-c2nc3ccccc3nc2-c2ccc3c(c2)c2ccccc2c2c3ccc3c4ccccc4sc32)cc1. The molecule has 0 saturated heterocycles. The van der Waals surface area contributed by atoms with E-state index in [1.165, 1.54) is 52.5 Å². The third kappa shape index (κ3) is 3.36. The van der Waals surface area contributed by atoms with E-state index in [9.17, 15) is 0 Å². The topological polar surface area (TPSA) is 25.8 Å². The van der Waals surface area contributed by atoms with Crippen molar-refractivity contribution in [2.45, 2.75) is 0 Å². The Morgan fingerprint density at radius 3 is 1.76 bits per heavy atom. The second kappa shape index (κ2) is 8.69. The van der Waals surface area contributed by atoms with E-state index in [0.29, 0.717) is 0 Å². The first-order chi connectivity index (χ1) is 20.3. The van der Waals surface area contributed by atoms with Gasteiger partial charge in [0.2, 0.25) is 0 Å². The molecular formula is C38H22N2S. The number of hydrogen-bond acceptors (Lipinski definition) is 3. The van der Waals surface area contributed by atoms with Gasteiger partial charge in [0, 0.05) is 36.7 Å². The molecule has 9 rings (SSSR count). The Balaban J connectivity index is 1.39. The number of para-hydroxylation sites is 2. The maximum absolute atomic E-state index is 5.18. The number of hydrogen-bond donors (Lipinski definition) is 0. The number of nitrogens with zero attached hydrogens (tertiary/aromatic N) is 2. The van der Waals surface area contributed by atoms with Gasteiger partial charge in [-0.3, -0.25) is 0 Å². The van der Waals surface area contributed by atoms with Gasteiger partial charge in [-0.2, -0.15) is 0 Å². The lowest BCUT2D eigenvalue weighted by molar-refractivity contribution is 1.29. The van der Waals surface area contributed by atoms with Crippen molar-refractivity contribution in [1.29, 1.82) is 0 Å². The maximum atomic E-state index is 5.18. The Kier molecular flexibility index (Phi) is 4.80. The molecule has 0 unspecified atom stereocenters. The molecule has 0 fully saturated rings. The summed E-state index contributed by atoms with van der Waals surface area (Å²) < 4.78 is 2.69. The summed E-state index contributed by atoms with van der Waals surface area (Å²) in [5.74, 6) is 0. The predicted molar refractivity (Wildman–Crippen MR) is 176 cm³/mol. The van der Waals surface area contributed by atoms with Gasteiger partial charge in [-0.1, -0.05) is 109 Å². The minimum atomic E-state index is 0.901. The van der Waals surface area contributed by atoms with Gasteiger partial charge >= 0.3 is 0 Å². The van der Waals surface area contributed by atoms with E-state index in [0.717, 1.165) is 33.5 Å². The van der Waals surface area contributed by atoms with Crippen LogP contribution < -0.4 is 0 Å². The van der Waals surface area contributed by atoms with Gasteiger partial charge in [-0.15, -0.1) is 11.3 Å². The lowest BCUT2D eigenvalue weighted by Gasteiger charge is -2.14. The molecule has 3 heteroatoms. The van der Waals surface area contributed by atoms with Crippen LogP contribution in [0.3, 0.4) is 0 Å². The van der Waals surface area contributed by atoms with Crippen LogP contribution in [0.1, 0.15) is 0 Å². The van der Waals surface area contributed by atoms with Crippen molar-refractivity contribution >= 4 is 74.9 Å². The molecule has 0 atom stereocenters. The summed E-state index contributed by atoms with van der Waals surface area (Å²) >= 11 is 1.90. The maximum Gasteiger partial charge on any atom is 0.0973 e. The van der Waals surface area contributed by atoms with Gasteiger partial charge < -0.3 is 0 Å². The molecule has 0 radical (unpaired) electrons. The zero-order valence-corrected chi connectivity index (χ0v) is 22.8. The second-order valence-corrected chi connectivity index (χ2v) is 11.6. The fourth-order valence-corrected chi connectivity index (χ4v) is 7.63. The molecule has 7 aromatic carbocycles. The highest BCUT2D eigenvalue weighted by Gasteiger charge is 2.17. The number of thiophene rings is 1. The standard InChI is InChI=1S/C38H22N2S/c1-2-10-23(11-3-1)36-37(40-33-16-8-7-15-32(33)39-36)24-18-19-26-29-20-21-30-27-13-6-9-17-34(27)41-38(30)35(29)28-14-5-4-12-25(28)31(26)22-24/h1-22H. The second-order valence-electron chi connectivity index (χ2n) is 10.5. The average Bonchev–Trinajstić information content (AvgIpc) is 3.43. The fraction of sp³-hybridized carbons (Fsp3) is 0. The van der Waals surface area contributed by atoms with Gasteiger partial charge in [0.25, 0.3) is 0 Å². The molecule has 0 amide bonds. The number of fused-ring (bicyclic) bond motifs is 11. The van der Waals surface area contributed by atoms with E-state index in [4.69, 9.17) is 9.97 Å². The Hall–Kier alpha value is -5.12. The third-order valence-electron chi connectivity index (χ3n) is 8.23. The van der Waals surface area contributed by atoms with Crippen LogP contribution in [0.25, 0.3) is 86.0 Å². The van der Waals surface area contributed by atoms with Gasteiger partial charge in [-0.25, -0.2) is 9.97 Å². The molecule has 0 saturated carbocycles. The van der Waals surface area contributed by atoms with Gasteiger partial charge in [0.1, 0.15) is 0 Å². The van der Waals surface area contributed by atoms with E-state index >= 15 is 0 Å². The summed E-state index contributed by atoms with van der Waals surface area (Å²) in [7, 11) is 0. The highest BCUT2D eigenvalue weighted by atomic mass is 32.1. The monoisotopic (exact) mass is 538 g/mol. The molecule has 0 spiro atoms. The zero-order chi connectivity index (χ0) is 26.9. The van der Waals surface area contributed by atoms with Crippen LogP contribution in [0.2, 0.25) is 0 Å². The minimum Gasteiger partial charge on any atom is -0.244 e. The smallest absolute Gasteiger partial charge is 0.0973 e. The van der Waals surface area contributed by atoms with Crippen molar-refractivity contribution < 1.29 is 0 Å². The number of rotatable bonds is 2. The summed E-state index contributed by atoms with van der Waals surface area (Å²) in [6.45, 7) is 0. The highest BCUT2D eigenvalue weighted by Crippen LogP contribution is 2.45. The Morgan fingerprint density at radius 2 is 0.951 bits per heavy atom. The minimum absolute atomic E-state index is 0.901. The molecule has 0 aliphatic carbocycles. The Morgan fingerprint density at radius 1 is 0.390 bits per heavy atom. The molecule has 2 heterocycles. The first kappa shape index (κ1) is 22.7. The lowest BCUT2D eigenvalue weighted by atomic mass is 9.91. The van der Waals surface area contributed by atoms with E-state index in [1.807, 2.05) is 41.7 Å². The molecule has 190 valence electrons. The summed E-state index contributed by atoms with van der Waals surface area (Å²) in [4.78, 5) is 10.3. The molecule has 0 N–H and O–H groups in total. The van der Waals surface area contributed by atoms with Crippen molar-refractivity contribution in [2.75, 3.05) is 0 Å². The van der Waals surface area contributed by atoms with Crippen molar-refractivity contribution in [3.8, 4) is 22.5 Å². The largest absolute Gasteiger partial charge is 0.244 e. The van der Waals surface area contributed by atoms with Crippen LogP contribution in [0, 0.1) is 0 Å². The highest BCUT2D eigenvalue weighted by molar-refractivity contribution is 7.26. The van der Waals surface area contributed by atoms with E-state index in [2.05, 4.69) is 103 Å². The van der Waals surface area contributed by atoms with E-state index in [1.54, 1.807) is 0 Å². The third-order valence-corrected chi connectivity index (χ3v) is 9.44. The van der Waals surface area contributed by atoms with Crippen molar-refractivity contribution in [3.63, 3.8) is 0 Å². The molecule has 0 bridgehead atoms. The fourth-order valence-electron chi connectivity index (χ4n) is 6.36. The predicted octanol–water partition coefficient (Wildman–Crippen LogP) is 10.8. The quantitative estimate of drug-likeness (QED) is 0.205. The molecule has 2 aromatic heterocycles. The van der Waals surface area contributed by atoms with Crippen molar-refractivity contribution in [2.24, 2.45) is 0 Å². The first-order valence-corrected chi connectivity index (χ1v) is 14.7. The lowest BCUT2D eigenvalue weighted by Crippen LogP contribution is -1.95. The van der Waals surface area contributed by atoms with Crippen LogP contribution in [-0.4, -0.2) is 9.97 Å². The van der Waals surface area contributed by atoms with Crippen LogP contribution in [0.5, 0.6) is 0 Å². The van der Waals surface area contributed by atoms with Crippen LogP contribution in [0.4, 0.5) is 0 Å². The van der Waals surface area contributed by atoms with Crippen molar-refractivity contribution in [1.82, 2.24) is 9.97 Å². The molecule has 9 aromatic rings. The van der Waals surface area contributed by atoms with Crippen molar-refractivity contribution in [3.05, 3.63) is 133 Å². The molecule has 2 nitrogen and oxygen atoms in total. The first-order valence-electron chi connectivity index (χ1n) is 13.8. The van der Waals surface area contributed by atoms with Crippen LogP contribution in [0.15, 0.2) is 133 Å². The Labute approximate surface area is 240 Å². The number of benzene rings is 7. The summed E-state index contributed by atoms with van der Waals surface area (Å²) in [6.07, 6.45) is 0. The summed E-state index contributed by atoms with van der Waals surface area (Å²) in [5, 5.41) is 10.3. The summed E-state index contributed by atoms with van der Waals surface area (Å²) in [6, 6.07) is 47.5. The van der Waals surface area contributed by atoms with Gasteiger partial charge in [0.15, 0.2) is 0 Å². The van der Waals surface area contributed by atoms with E-state index < -0.39 is 0 Å². The summed E-state index contributed by atoms with van der Waals surface area (Å²) in [5.41, 5.74) is 5.75. The average molecular weight is 539 g/mol. The normalized spacial score (nSPS) is 11.9. The number of aromatic nitrogens is 2. The van der Waals surface area contributed by atoms with Crippen LogP contribution >= 0.6 is 11.3 Å². The molecule has 41 heavy (non-hydrogen) atoms.